The highest BCUT2D eigenvalue weighted by Gasteiger charge is 2.34. The summed E-state index contributed by atoms with van der Waals surface area (Å²) in [6.45, 7) is 0. The van der Waals surface area contributed by atoms with E-state index in [0.29, 0.717) is 5.56 Å². The van der Waals surface area contributed by atoms with Crippen molar-refractivity contribution in [2.45, 2.75) is 18.4 Å². The average molecular weight is 390 g/mol. The second-order valence-electron chi connectivity index (χ2n) is 6.31. The van der Waals surface area contributed by atoms with Crippen LogP contribution < -0.4 is 4.72 Å². The Bertz CT molecular complexity index is 997. The molecule has 2 aromatic rings. The van der Waals surface area contributed by atoms with Gasteiger partial charge in [-0.1, -0.05) is 36.4 Å². The van der Waals surface area contributed by atoms with Gasteiger partial charge in [0.05, 0.1) is 23.1 Å². The Balaban J connectivity index is 1.88. The fraction of sp³-hybridized carbons (Fsp3) is 0.278. The van der Waals surface area contributed by atoms with E-state index in [1.807, 2.05) is 36.4 Å². The molecule has 2 aromatic carbocycles. The van der Waals surface area contributed by atoms with Crippen LogP contribution in [0.3, 0.4) is 0 Å². The van der Waals surface area contributed by atoms with Gasteiger partial charge in [-0.05, 0) is 35.2 Å². The molecular weight excluding hydrogens is 372 g/mol. The van der Waals surface area contributed by atoms with Crippen LogP contribution in [0, 0.1) is 11.3 Å². The van der Waals surface area contributed by atoms with Gasteiger partial charge in [0, 0.05) is 12.0 Å². The van der Waals surface area contributed by atoms with Gasteiger partial charge in [-0.15, -0.1) is 0 Å². The van der Waals surface area contributed by atoms with E-state index >= 15 is 0 Å². The van der Waals surface area contributed by atoms with Crippen LogP contribution >= 0.6 is 0 Å². The summed E-state index contributed by atoms with van der Waals surface area (Å²) >= 11 is 0. The standard InChI is InChI=1S/C18H18N2O4S2/c19-11-13-1-3-14(4-2-13)15-5-7-16(8-6-15)17-12-26(23,24)10-9-18(17)20-25(21)22/h1-8,17-18,25H,9-10,12H2,(H,20,21,22). The summed E-state index contributed by atoms with van der Waals surface area (Å²) < 4.78 is 48.6. The number of thiol groups is 1. The first-order chi connectivity index (χ1) is 12.4. The molecular formula is C18H18N2O4S2. The summed E-state index contributed by atoms with van der Waals surface area (Å²) in [7, 11) is -5.98. The molecule has 3 rings (SSSR count). The summed E-state index contributed by atoms with van der Waals surface area (Å²) in [6.07, 6.45) is 0.272. The van der Waals surface area contributed by atoms with Crippen molar-refractivity contribution in [3.05, 3.63) is 59.7 Å². The summed E-state index contributed by atoms with van der Waals surface area (Å²) in [6, 6.07) is 16.3. The number of hydrogen-bond acceptors (Lipinski definition) is 5. The zero-order valence-corrected chi connectivity index (χ0v) is 15.5. The van der Waals surface area contributed by atoms with E-state index in [1.54, 1.807) is 12.1 Å². The van der Waals surface area contributed by atoms with Crippen LogP contribution in [0.2, 0.25) is 0 Å². The molecule has 0 radical (unpaired) electrons. The quantitative estimate of drug-likeness (QED) is 0.772. The van der Waals surface area contributed by atoms with Gasteiger partial charge in [0.2, 0.25) is 10.9 Å². The minimum absolute atomic E-state index is 0.00628. The molecule has 1 heterocycles. The molecule has 1 fully saturated rings. The van der Waals surface area contributed by atoms with Gasteiger partial charge >= 0.3 is 0 Å². The average Bonchev–Trinajstić information content (AvgIpc) is 2.63. The summed E-state index contributed by atoms with van der Waals surface area (Å²) in [5.74, 6) is -0.478. The van der Waals surface area contributed by atoms with Gasteiger partial charge in [-0.25, -0.2) is 21.6 Å². The molecule has 0 spiro atoms. The van der Waals surface area contributed by atoms with Gasteiger partial charge in [-0.3, -0.25) is 0 Å². The fourth-order valence-electron chi connectivity index (χ4n) is 3.26. The second-order valence-corrected chi connectivity index (χ2v) is 9.31. The molecule has 1 N–H and O–H groups in total. The van der Waals surface area contributed by atoms with Crippen molar-refractivity contribution in [2.75, 3.05) is 11.5 Å². The van der Waals surface area contributed by atoms with Crippen molar-refractivity contribution < 1.29 is 16.8 Å². The Labute approximate surface area is 154 Å². The molecule has 1 saturated heterocycles. The Morgan fingerprint density at radius 2 is 1.58 bits per heavy atom. The summed E-state index contributed by atoms with van der Waals surface area (Å²) in [5.41, 5.74) is 3.26. The first kappa shape index (κ1) is 18.6. The number of hydrogen-bond donors (Lipinski definition) is 2. The normalized spacial score (nSPS) is 22.0. The van der Waals surface area contributed by atoms with Gasteiger partial charge in [0.25, 0.3) is 0 Å². The summed E-state index contributed by atoms with van der Waals surface area (Å²) in [4.78, 5) is 0. The van der Waals surface area contributed by atoms with Crippen molar-refractivity contribution in [3.8, 4) is 17.2 Å². The number of rotatable bonds is 4. The molecule has 2 atom stereocenters. The second kappa shape index (κ2) is 7.58. The highest BCUT2D eigenvalue weighted by molar-refractivity contribution is 7.91. The maximum absolute atomic E-state index is 12.0. The first-order valence-corrected chi connectivity index (χ1v) is 11.1. The predicted octanol–water partition coefficient (Wildman–Crippen LogP) is 1.61. The highest BCUT2D eigenvalue weighted by atomic mass is 32.2. The lowest BCUT2D eigenvalue weighted by Gasteiger charge is -2.30. The van der Waals surface area contributed by atoms with Crippen LogP contribution in [0.4, 0.5) is 0 Å². The predicted molar refractivity (Wildman–Crippen MR) is 99.8 cm³/mol. The smallest absolute Gasteiger partial charge is 0.201 e. The number of nitrogens with one attached hydrogen (secondary N) is 1. The van der Waals surface area contributed by atoms with Crippen molar-refractivity contribution >= 4 is 20.7 Å². The molecule has 8 heteroatoms. The number of benzene rings is 2. The van der Waals surface area contributed by atoms with Gasteiger partial charge in [-0.2, -0.15) is 5.26 Å². The Kier molecular flexibility index (Phi) is 5.41. The van der Waals surface area contributed by atoms with Crippen molar-refractivity contribution in [1.29, 1.82) is 5.26 Å². The SMILES string of the molecule is N#Cc1ccc(-c2ccc(C3CS(=O)(=O)CCC3N[SH](=O)=O)cc2)cc1. The van der Waals surface area contributed by atoms with Crippen LogP contribution in [-0.2, 0) is 20.7 Å². The molecule has 0 aromatic heterocycles. The maximum Gasteiger partial charge on any atom is 0.201 e. The van der Waals surface area contributed by atoms with Crippen LogP contribution in [0.15, 0.2) is 48.5 Å². The lowest BCUT2D eigenvalue weighted by Crippen LogP contribution is -2.43. The monoisotopic (exact) mass is 390 g/mol. The largest absolute Gasteiger partial charge is 0.229 e. The molecule has 0 bridgehead atoms. The molecule has 26 heavy (non-hydrogen) atoms. The summed E-state index contributed by atoms with van der Waals surface area (Å²) in [5, 5.41) is 8.86. The lowest BCUT2D eigenvalue weighted by molar-refractivity contribution is 0.471. The molecule has 1 aliphatic heterocycles. The third-order valence-corrected chi connectivity index (χ3v) is 6.88. The van der Waals surface area contributed by atoms with E-state index in [2.05, 4.69) is 10.8 Å². The van der Waals surface area contributed by atoms with Gasteiger partial charge < -0.3 is 0 Å². The van der Waals surface area contributed by atoms with E-state index in [1.165, 1.54) is 0 Å². The van der Waals surface area contributed by atoms with Crippen molar-refractivity contribution in [2.24, 2.45) is 0 Å². The van der Waals surface area contributed by atoms with E-state index in [9.17, 15) is 16.8 Å². The maximum atomic E-state index is 12.0. The third-order valence-electron chi connectivity index (χ3n) is 4.62. The highest BCUT2D eigenvalue weighted by Crippen LogP contribution is 2.30. The van der Waals surface area contributed by atoms with E-state index in [-0.39, 0.29) is 17.9 Å². The molecule has 136 valence electrons. The van der Waals surface area contributed by atoms with Crippen LogP contribution in [-0.4, -0.2) is 34.4 Å². The van der Waals surface area contributed by atoms with Gasteiger partial charge in [0.1, 0.15) is 0 Å². The van der Waals surface area contributed by atoms with Crippen LogP contribution in [0.25, 0.3) is 11.1 Å². The molecule has 2 unspecified atom stereocenters. The minimum Gasteiger partial charge on any atom is -0.229 e. The van der Waals surface area contributed by atoms with Gasteiger partial charge in [0.15, 0.2) is 9.84 Å². The Morgan fingerprint density at radius 1 is 1.00 bits per heavy atom. The Hall–Kier alpha value is -2.21. The van der Waals surface area contributed by atoms with E-state index in [0.717, 1.165) is 16.7 Å². The Morgan fingerprint density at radius 3 is 2.12 bits per heavy atom. The van der Waals surface area contributed by atoms with Crippen LogP contribution in [0.5, 0.6) is 0 Å². The molecule has 6 nitrogen and oxygen atoms in total. The number of nitriles is 1. The number of sulfone groups is 1. The van der Waals surface area contributed by atoms with E-state index < -0.39 is 32.7 Å². The van der Waals surface area contributed by atoms with Crippen molar-refractivity contribution in [1.82, 2.24) is 4.72 Å². The number of nitrogens with zero attached hydrogens (tertiary/aromatic N) is 1. The zero-order valence-electron chi connectivity index (χ0n) is 13.8. The third kappa shape index (κ3) is 4.30. The zero-order chi connectivity index (χ0) is 18.7. The van der Waals surface area contributed by atoms with E-state index in [4.69, 9.17) is 5.26 Å². The molecule has 1 aliphatic rings. The topological polar surface area (TPSA) is 104 Å². The molecule has 0 aliphatic carbocycles. The van der Waals surface area contributed by atoms with Crippen LogP contribution in [0.1, 0.15) is 23.5 Å². The van der Waals surface area contributed by atoms with Crippen molar-refractivity contribution in [3.63, 3.8) is 0 Å². The lowest BCUT2D eigenvalue weighted by atomic mass is 9.90. The molecule has 0 amide bonds. The molecule has 0 saturated carbocycles. The minimum atomic E-state index is -3.19. The first-order valence-electron chi connectivity index (χ1n) is 8.09. The fourth-order valence-corrected chi connectivity index (χ4v) is 5.59.